The summed E-state index contributed by atoms with van der Waals surface area (Å²) in [6.07, 6.45) is 0. The molecule has 0 amide bonds. The SMILES string of the molecule is O=P(O)(O)O.O=[N+]([O-])[O-].[K+]. The number of rotatable bonds is 0. The molecular weight excluding hydrogens is 196 g/mol. The molecule has 0 aromatic rings. The van der Waals surface area contributed by atoms with Crippen LogP contribution in [0.15, 0.2) is 0 Å². The molecule has 0 aliphatic heterocycles. The molecule has 56 valence electrons. The average molecular weight is 199 g/mol. The Bertz CT molecular complexity index is 113. The van der Waals surface area contributed by atoms with E-state index in [-0.39, 0.29) is 51.4 Å². The van der Waals surface area contributed by atoms with E-state index in [1.54, 1.807) is 0 Å². The van der Waals surface area contributed by atoms with Crippen LogP contribution in [0.2, 0.25) is 0 Å². The number of hydrogen-bond acceptors (Lipinski definition) is 4. The number of nitrogens with zero attached hydrogens (tertiary/aromatic N) is 1. The van der Waals surface area contributed by atoms with Crippen LogP contribution in [-0.2, 0) is 4.57 Å². The summed E-state index contributed by atoms with van der Waals surface area (Å²) in [4.78, 5) is 29.8. The van der Waals surface area contributed by atoms with Gasteiger partial charge in [0.1, 0.15) is 0 Å². The molecule has 10 heteroatoms. The van der Waals surface area contributed by atoms with Gasteiger partial charge in [0.2, 0.25) is 0 Å². The van der Waals surface area contributed by atoms with Crippen molar-refractivity contribution >= 4 is 7.82 Å². The van der Waals surface area contributed by atoms with Crippen LogP contribution in [0.5, 0.6) is 0 Å². The third-order valence-corrected chi connectivity index (χ3v) is 0. The topological polar surface area (TPSA) is 144 Å². The second-order valence-electron chi connectivity index (χ2n) is 0.737. The second-order valence-corrected chi connectivity index (χ2v) is 1.76. The van der Waals surface area contributed by atoms with E-state index in [1.807, 2.05) is 0 Å². The summed E-state index contributed by atoms with van der Waals surface area (Å²) >= 11 is 0. The molecule has 0 saturated heterocycles. The van der Waals surface area contributed by atoms with Gasteiger partial charge in [0.15, 0.2) is 0 Å². The molecule has 0 aromatic heterocycles. The molecule has 10 heavy (non-hydrogen) atoms. The minimum Gasteiger partial charge on any atom is -0.356 e. The molecule has 0 radical (unpaired) electrons. The van der Waals surface area contributed by atoms with Crippen LogP contribution in [0.1, 0.15) is 0 Å². The zero-order chi connectivity index (χ0) is 8.08. The predicted molar refractivity (Wildman–Crippen MR) is 24.6 cm³/mol. The standard InChI is InChI=1S/K.NO3.H3O4P/c;2-1(3)4;1-5(2,3)4/h;;(H3,1,2,3,4)/q+1;-1;. The van der Waals surface area contributed by atoms with Crippen molar-refractivity contribution in [2.24, 2.45) is 0 Å². The van der Waals surface area contributed by atoms with Crippen LogP contribution in [0.3, 0.4) is 0 Å². The van der Waals surface area contributed by atoms with Gasteiger partial charge < -0.3 is 30.0 Å². The van der Waals surface area contributed by atoms with E-state index in [9.17, 15) is 0 Å². The van der Waals surface area contributed by atoms with Gasteiger partial charge in [-0.3, -0.25) is 0 Å². The fraction of sp³-hybridized carbons (Fsp3) is 0. The molecule has 0 saturated carbocycles. The number of phosphoric acid groups is 1. The quantitative estimate of drug-likeness (QED) is 0.155. The summed E-state index contributed by atoms with van der Waals surface area (Å²) in [5.41, 5.74) is 0. The Morgan fingerprint density at radius 3 is 1.20 bits per heavy atom. The first-order valence-corrected chi connectivity index (χ1v) is 2.90. The summed E-state index contributed by atoms with van der Waals surface area (Å²) in [5.74, 6) is 0. The van der Waals surface area contributed by atoms with Crippen LogP contribution in [-0.4, -0.2) is 19.8 Å². The summed E-state index contributed by atoms with van der Waals surface area (Å²) in [7, 11) is -4.64. The summed E-state index contributed by atoms with van der Waals surface area (Å²) in [6, 6.07) is 0. The Morgan fingerprint density at radius 2 is 1.20 bits per heavy atom. The zero-order valence-electron chi connectivity index (χ0n) is 4.87. The summed E-state index contributed by atoms with van der Waals surface area (Å²) < 4.78 is 8.88. The van der Waals surface area contributed by atoms with Gasteiger partial charge in [0, 0.05) is 0 Å². The average Bonchev–Trinajstić information content (AvgIpc) is 1.19. The van der Waals surface area contributed by atoms with Crippen molar-refractivity contribution in [1.82, 2.24) is 0 Å². The Morgan fingerprint density at radius 1 is 1.20 bits per heavy atom. The third kappa shape index (κ3) is 631. The molecule has 3 N–H and O–H groups in total. The monoisotopic (exact) mass is 199 g/mol. The Hall–Kier alpha value is 0.946. The van der Waals surface area contributed by atoms with Crippen LogP contribution in [0.25, 0.3) is 0 Å². The van der Waals surface area contributed by atoms with Crippen LogP contribution >= 0.6 is 7.82 Å². The van der Waals surface area contributed by atoms with Crippen LogP contribution in [0.4, 0.5) is 0 Å². The fourth-order valence-corrected chi connectivity index (χ4v) is 0. The molecule has 0 aromatic carbocycles. The van der Waals surface area contributed by atoms with Gasteiger partial charge in [0.25, 0.3) is 0 Å². The maximum absolute atomic E-state index is 8.88. The van der Waals surface area contributed by atoms with Gasteiger partial charge in [-0.1, -0.05) is 0 Å². The van der Waals surface area contributed by atoms with Crippen molar-refractivity contribution in [2.75, 3.05) is 0 Å². The van der Waals surface area contributed by atoms with E-state index in [2.05, 4.69) is 0 Å². The Balaban J connectivity index is -0.0000000910. The van der Waals surface area contributed by atoms with Gasteiger partial charge in [-0.15, -0.1) is 0 Å². The van der Waals surface area contributed by atoms with Crippen molar-refractivity contribution < 1.29 is 75.7 Å². The summed E-state index contributed by atoms with van der Waals surface area (Å²) in [6.45, 7) is 0. The van der Waals surface area contributed by atoms with Crippen LogP contribution < -0.4 is 51.4 Å². The molecule has 0 heterocycles. The van der Waals surface area contributed by atoms with E-state index in [1.165, 1.54) is 0 Å². The maximum Gasteiger partial charge on any atom is 1.00 e. The van der Waals surface area contributed by atoms with Gasteiger partial charge >= 0.3 is 59.2 Å². The number of hydrogen-bond donors (Lipinski definition) is 3. The van der Waals surface area contributed by atoms with E-state index >= 15 is 0 Å². The van der Waals surface area contributed by atoms with E-state index in [0.717, 1.165) is 0 Å². The van der Waals surface area contributed by atoms with Crippen molar-refractivity contribution in [2.45, 2.75) is 0 Å². The zero-order valence-corrected chi connectivity index (χ0v) is 8.89. The van der Waals surface area contributed by atoms with Gasteiger partial charge in [-0.05, 0) is 0 Å². The van der Waals surface area contributed by atoms with Gasteiger partial charge in [-0.2, -0.15) is 0 Å². The molecule has 8 nitrogen and oxygen atoms in total. The van der Waals surface area contributed by atoms with Crippen molar-refractivity contribution in [3.63, 3.8) is 0 Å². The Labute approximate surface area is 97.6 Å². The van der Waals surface area contributed by atoms with Gasteiger partial charge in [0.05, 0.1) is 5.09 Å². The van der Waals surface area contributed by atoms with Gasteiger partial charge in [-0.25, -0.2) is 4.57 Å². The van der Waals surface area contributed by atoms with Crippen molar-refractivity contribution in [3.8, 4) is 0 Å². The Kier molecular flexibility index (Phi) is 13.8. The second kappa shape index (κ2) is 8.05. The summed E-state index contributed by atoms with van der Waals surface area (Å²) in [5, 5.41) is 14.8. The van der Waals surface area contributed by atoms with E-state index in [4.69, 9.17) is 34.6 Å². The third-order valence-electron chi connectivity index (χ3n) is 0. The molecule has 0 fully saturated rings. The first-order chi connectivity index (χ1) is 3.73. The minimum absolute atomic E-state index is 0. The smallest absolute Gasteiger partial charge is 0.356 e. The molecule has 0 spiro atoms. The normalized spacial score (nSPS) is 8.30. The molecule has 0 aliphatic rings. The fourth-order valence-electron chi connectivity index (χ4n) is 0. The molecule has 0 bridgehead atoms. The predicted octanol–water partition coefficient (Wildman–Crippen LogP) is -4.16. The minimum atomic E-state index is -4.64. The van der Waals surface area contributed by atoms with E-state index < -0.39 is 12.9 Å². The largest absolute Gasteiger partial charge is 1.00 e. The molecule has 0 aliphatic carbocycles. The first-order valence-electron chi connectivity index (χ1n) is 1.33. The molecule has 0 atom stereocenters. The molecular formula is H3KNO7P. The maximum atomic E-state index is 8.88. The van der Waals surface area contributed by atoms with Crippen LogP contribution in [0, 0.1) is 15.3 Å². The first kappa shape index (κ1) is 17.1. The van der Waals surface area contributed by atoms with Crippen molar-refractivity contribution in [1.29, 1.82) is 0 Å². The van der Waals surface area contributed by atoms with E-state index in [0.29, 0.717) is 0 Å². The van der Waals surface area contributed by atoms with Crippen molar-refractivity contribution in [3.05, 3.63) is 15.3 Å². The molecule has 0 rings (SSSR count). The molecule has 0 unspecified atom stereocenters.